The third-order valence-corrected chi connectivity index (χ3v) is 7.31. The zero-order valence-electron chi connectivity index (χ0n) is 17.8. The Morgan fingerprint density at radius 2 is 1.52 bits per heavy atom. The van der Waals surface area contributed by atoms with Crippen molar-refractivity contribution < 1.29 is 26.0 Å². The minimum absolute atomic E-state index is 0.0348. The fraction of sp³-hybridized carbons (Fsp3) is 0.174. The van der Waals surface area contributed by atoms with E-state index in [0.717, 1.165) is 54.6 Å². The lowest BCUT2D eigenvalue weighted by Gasteiger charge is -2.13. The third kappa shape index (κ3) is 6.62. The fourth-order valence-electron chi connectivity index (χ4n) is 3.10. The molecule has 0 unspecified atom stereocenters. The average molecular weight is 491 g/mol. The number of hydrogen-bond acceptors (Lipinski definition) is 5. The van der Waals surface area contributed by atoms with Gasteiger partial charge in [-0.15, -0.1) is 0 Å². The van der Waals surface area contributed by atoms with Gasteiger partial charge in [0.1, 0.15) is 5.82 Å². The first-order valence-corrected chi connectivity index (χ1v) is 13.4. The van der Waals surface area contributed by atoms with Crippen molar-refractivity contribution in [3.8, 4) is 0 Å². The van der Waals surface area contributed by atoms with Crippen molar-refractivity contribution in [3.63, 3.8) is 0 Å². The van der Waals surface area contributed by atoms with E-state index >= 15 is 0 Å². The van der Waals surface area contributed by atoms with Crippen molar-refractivity contribution in [2.24, 2.45) is 0 Å². The van der Waals surface area contributed by atoms with E-state index in [4.69, 9.17) is 0 Å². The molecule has 0 fully saturated rings. The van der Waals surface area contributed by atoms with E-state index in [-0.39, 0.29) is 21.0 Å². The molecular formula is C23H23FN2O5S2. The lowest BCUT2D eigenvalue weighted by atomic mass is 10.1. The second-order valence-electron chi connectivity index (χ2n) is 7.38. The minimum Gasteiger partial charge on any atom is -0.352 e. The predicted molar refractivity (Wildman–Crippen MR) is 124 cm³/mol. The third-order valence-electron chi connectivity index (χ3n) is 4.80. The van der Waals surface area contributed by atoms with E-state index in [0.29, 0.717) is 13.0 Å². The summed E-state index contributed by atoms with van der Waals surface area (Å²) in [5.41, 5.74) is 0.874. The molecule has 0 aliphatic rings. The van der Waals surface area contributed by atoms with E-state index in [1.807, 2.05) is 30.3 Å². The largest absolute Gasteiger partial charge is 0.352 e. The van der Waals surface area contributed by atoms with E-state index in [1.165, 1.54) is 6.07 Å². The second-order valence-corrected chi connectivity index (χ2v) is 11.1. The van der Waals surface area contributed by atoms with Crippen molar-refractivity contribution in [1.82, 2.24) is 5.32 Å². The number of rotatable bonds is 9. The van der Waals surface area contributed by atoms with Crippen molar-refractivity contribution in [3.05, 3.63) is 89.7 Å². The van der Waals surface area contributed by atoms with Crippen LogP contribution in [0.5, 0.6) is 0 Å². The van der Waals surface area contributed by atoms with Crippen LogP contribution >= 0.6 is 0 Å². The van der Waals surface area contributed by atoms with Crippen LogP contribution < -0.4 is 10.0 Å². The molecule has 0 aromatic heterocycles. The number of hydrogen-bond donors (Lipinski definition) is 2. The Labute approximate surface area is 192 Å². The number of halogens is 1. The monoisotopic (exact) mass is 490 g/mol. The molecule has 0 radical (unpaired) electrons. The molecule has 33 heavy (non-hydrogen) atoms. The van der Waals surface area contributed by atoms with Crippen LogP contribution in [0, 0.1) is 5.82 Å². The molecule has 3 rings (SSSR count). The van der Waals surface area contributed by atoms with Gasteiger partial charge in [0, 0.05) is 12.8 Å². The zero-order valence-corrected chi connectivity index (χ0v) is 19.4. The number of aryl methyl sites for hydroxylation is 1. The molecule has 0 bridgehead atoms. The smallest absolute Gasteiger partial charge is 0.261 e. The van der Waals surface area contributed by atoms with Gasteiger partial charge in [-0.25, -0.2) is 21.2 Å². The lowest BCUT2D eigenvalue weighted by molar-refractivity contribution is 0.0954. The molecule has 0 saturated heterocycles. The normalized spacial score (nSPS) is 11.7. The molecule has 0 saturated carbocycles. The van der Waals surface area contributed by atoms with Gasteiger partial charge >= 0.3 is 0 Å². The first kappa shape index (κ1) is 24.4. The van der Waals surface area contributed by atoms with Crippen LogP contribution in [0.25, 0.3) is 0 Å². The summed E-state index contributed by atoms with van der Waals surface area (Å²) in [6, 6.07) is 17.5. The number of nitrogens with one attached hydrogen (secondary N) is 2. The zero-order chi connectivity index (χ0) is 24.1. The molecule has 1 amide bonds. The van der Waals surface area contributed by atoms with Gasteiger partial charge in [-0.05, 0) is 60.9 Å². The van der Waals surface area contributed by atoms with Crippen LogP contribution in [0.4, 0.5) is 10.1 Å². The molecule has 3 aromatic rings. The van der Waals surface area contributed by atoms with Crippen molar-refractivity contribution in [2.45, 2.75) is 22.6 Å². The van der Waals surface area contributed by atoms with Crippen LogP contribution in [0.3, 0.4) is 0 Å². The predicted octanol–water partition coefficient (Wildman–Crippen LogP) is 3.39. The number of anilines is 1. The molecule has 10 heteroatoms. The summed E-state index contributed by atoms with van der Waals surface area (Å²) in [5, 5.41) is 2.72. The van der Waals surface area contributed by atoms with Crippen LogP contribution in [-0.4, -0.2) is 35.5 Å². The Kier molecular flexibility index (Phi) is 7.50. The quantitative estimate of drug-likeness (QED) is 0.447. The maximum Gasteiger partial charge on any atom is 0.261 e. The number of sulfone groups is 1. The molecule has 2 N–H and O–H groups in total. The van der Waals surface area contributed by atoms with Gasteiger partial charge in [0.05, 0.1) is 21.0 Å². The van der Waals surface area contributed by atoms with Gasteiger partial charge in [0.15, 0.2) is 9.84 Å². The number of benzene rings is 3. The van der Waals surface area contributed by atoms with Gasteiger partial charge in [-0.3, -0.25) is 9.52 Å². The molecule has 174 valence electrons. The van der Waals surface area contributed by atoms with Crippen LogP contribution in [0.2, 0.25) is 0 Å². The Balaban J connectivity index is 1.72. The van der Waals surface area contributed by atoms with Crippen molar-refractivity contribution in [2.75, 3.05) is 17.5 Å². The number of amides is 1. The second kappa shape index (κ2) is 10.1. The summed E-state index contributed by atoms with van der Waals surface area (Å²) in [5.74, 6) is -1.27. The SMILES string of the molecule is CS(=O)(=O)c1ccc(S(=O)(=O)Nc2cc(F)ccc2C(=O)NCCCc2ccccc2)cc1. The summed E-state index contributed by atoms with van der Waals surface area (Å²) in [6.45, 7) is 0.351. The standard InChI is InChI=1S/C23H23FN2O5S2/c1-32(28,29)19-10-12-20(13-11-19)33(30,31)26-22-16-18(24)9-14-21(22)23(27)25-15-5-8-17-6-3-2-4-7-17/h2-4,6-7,9-14,16,26H,5,8,15H2,1H3,(H,25,27). The molecule has 0 atom stereocenters. The van der Waals surface area contributed by atoms with Crippen LogP contribution in [-0.2, 0) is 26.3 Å². The first-order valence-electron chi connectivity index (χ1n) is 10.0. The Bertz CT molecular complexity index is 1340. The van der Waals surface area contributed by atoms with Crippen molar-refractivity contribution >= 4 is 31.5 Å². The average Bonchev–Trinajstić information content (AvgIpc) is 2.76. The summed E-state index contributed by atoms with van der Waals surface area (Å²) >= 11 is 0. The van der Waals surface area contributed by atoms with Gasteiger partial charge in [-0.2, -0.15) is 0 Å². The summed E-state index contributed by atoms with van der Waals surface area (Å²) in [7, 11) is -7.70. The van der Waals surface area contributed by atoms with E-state index in [1.54, 1.807) is 0 Å². The van der Waals surface area contributed by atoms with Crippen molar-refractivity contribution in [1.29, 1.82) is 0 Å². The molecule has 0 spiro atoms. The highest BCUT2D eigenvalue weighted by Crippen LogP contribution is 2.23. The van der Waals surface area contributed by atoms with E-state index in [2.05, 4.69) is 10.0 Å². The van der Waals surface area contributed by atoms with Gasteiger partial charge in [0.25, 0.3) is 15.9 Å². The lowest BCUT2D eigenvalue weighted by Crippen LogP contribution is -2.26. The van der Waals surface area contributed by atoms with E-state index in [9.17, 15) is 26.0 Å². The molecule has 7 nitrogen and oxygen atoms in total. The number of carbonyl (C=O) groups excluding carboxylic acids is 1. The van der Waals surface area contributed by atoms with E-state index < -0.39 is 31.6 Å². The molecule has 0 heterocycles. The maximum atomic E-state index is 13.8. The highest BCUT2D eigenvalue weighted by molar-refractivity contribution is 7.92. The fourth-order valence-corrected chi connectivity index (χ4v) is 4.80. The van der Waals surface area contributed by atoms with Gasteiger partial charge in [0.2, 0.25) is 0 Å². The minimum atomic E-state index is -4.20. The number of carbonyl (C=O) groups is 1. The Morgan fingerprint density at radius 1 is 0.879 bits per heavy atom. The molecule has 0 aliphatic carbocycles. The Hall–Kier alpha value is -3.24. The molecule has 0 aliphatic heterocycles. The van der Waals surface area contributed by atoms with Crippen LogP contribution in [0.1, 0.15) is 22.3 Å². The number of sulfonamides is 1. The topological polar surface area (TPSA) is 109 Å². The first-order chi connectivity index (χ1) is 15.6. The molecular weight excluding hydrogens is 467 g/mol. The molecule has 3 aromatic carbocycles. The van der Waals surface area contributed by atoms with Crippen LogP contribution in [0.15, 0.2) is 82.6 Å². The van der Waals surface area contributed by atoms with Gasteiger partial charge < -0.3 is 5.32 Å². The maximum absolute atomic E-state index is 13.8. The van der Waals surface area contributed by atoms with Gasteiger partial charge in [-0.1, -0.05) is 30.3 Å². The highest BCUT2D eigenvalue weighted by Gasteiger charge is 2.20. The Morgan fingerprint density at radius 3 is 2.15 bits per heavy atom. The summed E-state index contributed by atoms with van der Waals surface area (Å²) in [4.78, 5) is 12.4. The summed E-state index contributed by atoms with van der Waals surface area (Å²) in [6.07, 6.45) is 2.43. The summed E-state index contributed by atoms with van der Waals surface area (Å²) < 4.78 is 64.7. The highest BCUT2D eigenvalue weighted by atomic mass is 32.2.